The second-order valence-electron chi connectivity index (χ2n) is 4.76. The van der Waals surface area contributed by atoms with Crippen LogP contribution in [0.4, 0.5) is 4.79 Å². The number of ether oxygens (including phenoxy) is 2. The summed E-state index contributed by atoms with van der Waals surface area (Å²) in [6.45, 7) is 1.94. The predicted octanol–water partition coefficient (Wildman–Crippen LogP) is 0.154. The second-order valence-corrected chi connectivity index (χ2v) is 4.76. The Balaban J connectivity index is 2.39. The van der Waals surface area contributed by atoms with Crippen molar-refractivity contribution in [3.63, 3.8) is 0 Å². The van der Waals surface area contributed by atoms with Crippen LogP contribution in [-0.4, -0.2) is 68.6 Å². The SMILES string of the molecule is COCC(NC(=O)N(C)CC1CCCOC1)C(=O)O. The maximum Gasteiger partial charge on any atom is 0.328 e. The molecule has 0 spiro atoms. The number of methoxy groups -OCH3 is 1. The first-order chi connectivity index (χ1) is 9.04. The Morgan fingerprint density at radius 2 is 2.32 bits per heavy atom. The van der Waals surface area contributed by atoms with Crippen LogP contribution in [0.15, 0.2) is 0 Å². The lowest BCUT2D eigenvalue weighted by atomic mass is 10.0. The van der Waals surface area contributed by atoms with Crippen molar-refractivity contribution in [3.8, 4) is 0 Å². The highest BCUT2D eigenvalue weighted by Gasteiger charge is 2.23. The minimum Gasteiger partial charge on any atom is -0.480 e. The number of nitrogens with zero attached hydrogens (tertiary/aromatic N) is 1. The lowest BCUT2D eigenvalue weighted by molar-refractivity contribution is -0.140. The number of hydrogen-bond donors (Lipinski definition) is 2. The summed E-state index contributed by atoms with van der Waals surface area (Å²) in [5, 5.41) is 11.4. The van der Waals surface area contributed by atoms with E-state index >= 15 is 0 Å². The van der Waals surface area contributed by atoms with Crippen molar-refractivity contribution in [1.29, 1.82) is 0 Å². The quantitative estimate of drug-likeness (QED) is 0.720. The molecule has 7 nitrogen and oxygen atoms in total. The fraction of sp³-hybridized carbons (Fsp3) is 0.833. The molecule has 1 heterocycles. The van der Waals surface area contributed by atoms with Crippen LogP contribution in [0.3, 0.4) is 0 Å². The standard InChI is InChI=1S/C12H22N2O5/c1-14(6-9-4-3-5-19-7-9)12(17)13-10(8-18-2)11(15)16/h9-10H,3-8H2,1-2H3,(H,13,17)(H,15,16). The Hall–Kier alpha value is -1.34. The van der Waals surface area contributed by atoms with Gasteiger partial charge in [-0.1, -0.05) is 0 Å². The van der Waals surface area contributed by atoms with Gasteiger partial charge in [0, 0.05) is 33.2 Å². The molecule has 2 unspecified atom stereocenters. The molecular weight excluding hydrogens is 252 g/mol. The minimum absolute atomic E-state index is 0.0541. The molecule has 0 aliphatic carbocycles. The summed E-state index contributed by atoms with van der Waals surface area (Å²) >= 11 is 0. The Kier molecular flexibility index (Phi) is 6.58. The summed E-state index contributed by atoms with van der Waals surface area (Å²) in [5.41, 5.74) is 0. The van der Waals surface area contributed by atoms with E-state index in [-0.39, 0.29) is 6.61 Å². The zero-order chi connectivity index (χ0) is 14.3. The molecule has 0 saturated carbocycles. The van der Waals surface area contributed by atoms with Gasteiger partial charge >= 0.3 is 12.0 Å². The largest absolute Gasteiger partial charge is 0.480 e. The number of carboxylic acids is 1. The summed E-state index contributed by atoms with van der Waals surface area (Å²) in [4.78, 5) is 24.3. The average molecular weight is 274 g/mol. The molecule has 0 aromatic heterocycles. The summed E-state index contributed by atoms with van der Waals surface area (Å²) in [5.74, 6) is -0.792. The molecule has 2 amide bonds. The summed E-state index contributed by atoms with van der Waals surface area (Å²) in [6.07, 6.45) is 2.03. The number of carbonyl (C=O) groups excluding carboxylic acids is 1. The highest BCUT2D eigenvalue weighted by Crippen LogP contribution is 2.14. The van der Waals surface area contributed by atoms with Gasteiger partial charge in [0.25, 0.3) is 0 Å². The minimum atomic E-state index is -1.11. The molecule has 1 aliphatic heterocycles. The predicted molar refractivity (Wildman–Crippen MR) is 68.0 cm³/mol. The van der Waals surface area contributed by atoms with E-state index in [4.69, 9.17) is 14.6 Å². The van der Waals surface area contributed by atoms with E-state index in [1.165, 1.54) is 12.0 Å². The van der Waals surface area contributed by atoms with Gasteiger partial charge in [-0.05, 0) is 12.8 Å². The van der Waals surface area contributed by atoms with E-state index in [0.717, 1.165) is 19.4 Å². The highest BCUT2D eigenvalue weighted by molar-refractivity contribution is 5.82. The fourth-order valence-electron chi connectivity index (χ4n) is 2.02. The summed E-state index contributed by atoms with van der Waals surface area (Å²) < 4.78 is 10.1. The van der Waals surface area contributed by atoms with Crippen LogP contribution in [-0.2, 0) is 14.3 Å². The fourth-order valence-corrected chi connectivity index (χ4v) is 2.02. The zero-order valence-corrected chi connectivity index (χ0v) is 11.4. The molecule has 0 aromatic carbocycles. The molecule has 1 aliphatic rings. The number of amides is 2. The Morgan fingerprint density at radius 3 is 2.84 bits per heavy atom. The lowest BCUT2D eigenvalue weighted by Gasteiger charge is -2.28. The number of hydrogen-bond acceptors (Lipinski definition) is 4. The molecule has 2 atom stereocenters. The molecule has 7 heteroatoms. The third-order valence-electron chi connectivity index (χ3n) is 3.06. The zero-order valence-electron chi connectivity index (χ0n) is 11.4. The molecule has 0 bridgehead atoms. The first kappa shape index (κ1) is 15.7. The van der Waals surface area contributed by atoms with Crippen LogP contribution in [0, 0.1) is 5.92 Å². The maximum absolute atomic E-state index is 11.9. The average Bonchev–Trinajstić information content (AvgIpc) is 2.39. The van der Waals surface area contributed by atoms with Crippen LogP contribution < -0.4 is 5.32 Å². The Morgan fingerprint density at radius 1 is 1.58 bits per heavy atom. The van der Waals surface area contributed by atoms with Gasteiger partial charge in [-0.15, -0.1) is 0 Å². The first-order valence-electron chi connectivity index (χ1n) is 6.35. The van der Waals surface area contributed by atoms with Crippen molar-refractivity contribution < 1.29 is 24.2 Å². The van der Waals surface area contributed by atoms with Crippen LogP contribution in [0.5, 0.6) is 0 Å². The smallest absolute Gasteiger partial charge is 0.328 e. The third kappa shape index (κ3) is 5.44. The van der Waals surface area contributed by atoms with E-state index in [2.05, 4.69) is 5.32 Å². The Labute approximate surface area is 112 Å². The van der Waals surface area contributed by atoms with Crippen molar-refractivity contribution in [2.75, 3.05) is 40.5 Å². The number of rotatable bonds is 6. The van der Waals surface area contributed by atoms with Gasteiger partial charge in [-0.25, -0.2) is 9.59 Å². The van der Waals surface area contributed by atoms with Gasteiger partial charge in [-0.2, -0.15) is 0 Å². The molecular formula is C12H22N2O5. The number of carboxylic acid groups (broad SMARTS) is 1. The van der Waals surface area contributed by atoms with Crippen molar-refractivity contribution in [3.05, 3.63) is 0 Å². The molecule has 0 aromatic rings. The molecule has 110 valence electrons. The summed E-state index contributed by atoms with van der Waals surface area (Å²) in [6, 6.07) is -1.43. The highest BCUT2D eigenvalue weighted by atomic mass is 16.5. The lowest BCUT2D eigenvalue weighted by Crippen LogP contribution is -2.50. The molecule has 1 rings (SSSR count). The van der Waals surface area contributed by atoms with Crippen molar-refractivity contribution in [1.82, 2.24) is 10.2 Å². The molecule has 0 radical (unpaired) electrons. The van der Waals surface area contributed by atoms with Gasteiger partial charge in [0.05, 0.1) is 13.2 Å². The maximum atomic E-state index is 11.9. The van der Waals surface area contributed by atoms with E-state index < -0.39 is 18.0 Å². The molecule has 19 heavy (non-hydrogen) atoms. The number of carbonyl (C=O) groups is 2. The molecule has 2 N–H and O–H groups in total. The number of urea groups is 1. The third-order valence-corrected chi connectivity index (χ3v) is 3.06. The monoisotopic (exact) mass is 274 g/mol. The Bertz CT molecular complexity index is 304. The van der Waals surface area contributed by atoms with Crippen molar-refractivity contribution >= 4 is 12.0 Å². The van der Waals surface area contributed by atoms with Gasteiger partial charge < -0.3 is 24.8 Å². The van der Waals surface area contributed by atoms with Crippen molar-refractivity contribution in [2.45, 2.75) is 18.9 Å². The van der Waals surface area contributed by atoms with Gasteiger partial charge in [0.15, 0.2) is 6.04 Å². The first-order valence-corrected chi connectivity index (χ1v) is 6.35. The van der Waals surface area contributed by atoms with Crippen LogP contribution in [0.2, 0.25) is 0 Å². The van der Waals surface area contributed by atoms with Crippen LogP contribution in [0.1, 0.15) is 12.8 Å². The van der Waals surface area contributed by atoms with Crippen LogP contribution in [0.25, 0.3) is 0 Å². The van der Waals surface area contributed by atoms with Gasteiger partial charge in [-0.3, -0.25) is 0 Å². The van der Waals surface area contributed by atoms with Crippen molar-refractivity contribution in [2.24, 2.45) is 5.92 Å². The van der Waals surface area contributed by atoms with E-state index in [9.17, 15) is 9.59 Å². The number of aliphatic carboxylic acids is 1. The van der Waals surface area contributed by atoms with E-state index in [0.29, 0.717) is 19.1 Å². The molecule has 1 saturated heterocycles. The molecule has 1 fully saturated rings. The van der Waals surface area contributed by atoms with E-state index in [1.54, 1.807) is 7.05 Å². The van der Waals surface area contributed by atoms with E-state index in [1.807, 2.05) is 0 Å². The second kappa shape index (κ2) is 7.96. The van der Waals surface area contributed by atoms with Crippen LogP contribution >= 0.6 is 0 Å². The summed E-state index contributed by atoms with van der Waals surface area (Å²) in [7, 11) is 3.04. The topological polar surface area (TPSA) is 88.1 Å². The number of nitrogens with one attached hydrogen (secondary N) is 1. The van der Waals surface area contributed by atoms with Gasteiger partial charge in [0.1, 0.15) is 0 Å². The van der Waals surface area contributed by atoms with Gasteiger partial charge in [0.2, 0.25) is 0 Å². The normalized spacial score (nSPS) is 20.6.